The van der Waals surface area contributed by atoms with Gasteiger partial charge >= 0.3 is 0 Å². The van der Waals surface area contributed by atoms with Crippen LogP contribution in [0.2, 0.25) is 0 Å². The molecule has 98 valence electrons. The van der Waals surface area contributed by atoms with Crippen molar-refractivity contribution in [3.63, 3.8) is 0 Å². The van der Waals surface area contributed by atoms with Gasteiger partial charge in [-0.05, 0) is 36.2 Å². The van der Waals surface area contributed by atoms with Crippen molar-refractivity contribution < 1.29 is 8.42 Å². The Morgan fingerprint density at radius 1 is 1.11 bits per heavy atom. The molecule has 1 heterocycles. The molecule has 0 saturated heterocycles. The summed E-state index contributed by atoms with van der Waals surface area (Å²) in [6, 6.07) is 10.6. The zero-order valence-corrected chi connectivity index (χ0v) is 11.7. The Labute approximate surface area is 113 Å². The molecule has 4 heteroatoms. The van der Waals surface area contributed by atoms with Gasteiger partial charge in [-0.25, -0.2) is 8.42 Å². The second-order valence-electron chi connectivity index (χ2n) is 4.50. The summed E-state index contributed by atoms with van der Waals surface area (Å²) >= 11 is 0. The topological polar surface area (TPSA) is 47.0 Å². The SMILES string of the molecule is C=C(c1ccc(S(C)(=O)=O)cc1)c1ccc(C)cn1. The maximum Gasteiger partial charge on any atom is 0.175 e. The van der Waals surface area contributed by atoms with Crippen molar-refractivity contribution in [3.05, 3.63) is 66.0 Å². The average molecular weight is 273 g/mol. The van der Waals surface area contributed by atoms with Crippen LogP contribution in [0.15, 0.2) is 54.1 Å². The molecule has 0 unspecified atom stereocenters. The van der Waals surface area contributed by atoms with Crippen LogP contribution in [-0.2, 0) is 9.84 Å². The fraction of sp³-hybridized carbons (Fsp3) is 0.133. The molecule has 1 aromatic heterocycles. The lowest BCUT2D eigenvalue weighted by Gasteiger charge is -2.06. The highest BCUT2D eigenvalue weighted by Crippen LogP contribution is 2.21. The Bertz CT molecular complexity index is 699. The first-order chi connectivity index (χ1) is 8.88. The van der Waals surface area contributed by atoms with Crippen molar-refractivity contribution >= 4 is 15.4 Å². The highest BCUT2D eigenvalue weighted by atomic mass is 32.2. The Kier molecular flexibility index (Phi) is 3.53. The van der Waals surface area contributed by atoms with Crippen LogP contribution in [0.5, 0.6) is 0 Å². The predicted molar refractivity (Wildman–Crippen MR) is 76.7 cm³/mol. The molecule has 3 nitrogen and oxygen atoms in total. The molecule has 0 bridgehead atoms. The van der Waals surface area contributed by atoms with Gasteiger partial charge in [0.15, 0.2) is 9.84 Å². The van der Waals surface area contributed by atoms with Crippen LogP contribution >= 0.6 is 0 Å². The van der Waals surface area contributed by atoms with Crippen molar-refractivity contribution in [1.29, 1.82) is 0 Å². The van der Waals surface area contributed by atoms with Crippen LogP contribution in [0.25, 0.3) is 5.57 Å². The second kappa shape index (κ2) is 4.97. The first-order valence-corrected chi connectivity index (χ1v) is 7.69. The lowest BCUT2D eigenvalue weighted by molar-refractivity contribution is 0.602. The van der Waals surface area contributed by atoms with Crippen molar-refractivity contribution in [1.82, 2.24) is 4.98 Å². The third-order valence-corrected chi connectivity index (χ3v) is 3.98. The number of hydrogen-bond acceptors (Lipinski definition) is 3. The monoisotopic (exact) mass is 273 g/mol. The molecule has 2 aromatic rings. The fourth-order valence-electron chi connectivity index (χ4n) is 1.70. The van der Waals surface area contributed by atoms with Gasteiger partial charge in [0.25, 0.3) is 0 Å². The van der Waals surface area contributed by atoms with Gasteiger partial charge in [0.2, 0.25) is 0 Å². The number of nitrogens with zero attached hydrogens (tertiary/aromatic N) is 1. The molecule has 0 aliphatic heterocycles. The minimum Gasteiger partial charge on any atom is -0.256 e. The van der Waals surface area contributed by atoms with Crippen LogP contribution in [0.4, 0.5) is 0 Å². The molecular formula is C15H15NO2S. The smallest absolute Gasteiger partial charge is 0.175 e. The van der Waals surface area contributed by atoms with Crippen LogP contribution in [0, 0.1) is 6.92 Å². The molecule has 2 rings (SSSR count). The van der Waals surface area contributed by atoms with Crippen molar-refractivity contribution in [3.8, 4) is 0 Å². The summed E-state index contributed by atoms with van der Waals surface area (Å²) in [6.07, 6.45) is 2.98. The summed E-state index contributed by atoms with van der Waals surface area (Å²) in [4.78, 5) is 4.61. The normalized spacial score (nSPS) is 11.3. The molecular weight excluding hydrogens is 258 g/mol. The fourth-order valence-corrected chi connectivity index (χ4v) is 2.33. The van der Waals surface area contributed by atoms with E-state index >= 15 is 0 Å². The number of aromatic nitrogens is 1. The zero-order chi connectivity index (χ0) is 14.0. The lowest BCUT2D eigenvalue weighted by Crippen LogP contribution is -1.97. The Morgan fingerprint density at radius 2 is 1.74 bits per heavy atom. The van der Waals surface area contributed by atoms with E-state index in [1.807, 2.05) is 19.1 Å². The van der Waals surface area contributed by atoms with Crippen molar-refractivity contribution in [2.24, 2.45) is 0 Å². The molecule has 0 aliphatic carbocycles. The van der Waals surface area contributed by atoms with E-state index in [2.05, 4.69) is 11.6 Å². The maximum absolute atomic E-state index is 11.4. The van der Waals surface area contributed by atoms with E-state index in [4.69, 9.17) is 0 Å². The van der Waals surface area contributed by atoms with Gasteiger partial charge in [0.1, 0.15) is 0 Å². The van der Waals surface area contributed by atoms with Gasteiger partial charge in [0.05, 0.1) is 10.6 Å². The minimum atomic E-state index is -3.16. The average Bonchev–Trinajstić information content (AvgIpc) is 2.38. The van der Waals surface area contributed by atoms with Crippen LogP contribution in [0.1, 0.15) is 16.8 Å². The van der Waals surface area contributed by atoms with E-state index in [9.17, 15) is 8.42 Å². The van der Waals surface area contributed by atoms with Gasteiger partial charge in [-0.2, -0.15) is 0 Å². The largest absolute Gasteiger partial charge is 0.256 e. The summed E-state index contributed by atoms with van der Waals surface area (Å²) in [5, 5.41) is 0. The number of pyridine rings is 1. The van der Waals surface area contributed by atoms with Crippen LogP contribution < -0.4 is 0 Å². The molecule has 1 aromatic carbocycles. The standard InChI is InChI=1S/C15H15NO2S/c1-11-4-9-15(16-10-11)12(2)13-5-7-14(8-6-13)19(3,17)18/h4-10H,2H2,1,3H3. The molecule has 0 N–H and O–H groups in total. The van der Waals surface area contributed by atoms with Gasteiger partial charge in [-0.3, -0.25) is 4.98 Å². The van der Waals surface area contributed by atoms with Gasteiger partial charge < -0.3 is 0 Å². The molecule has 0 saturated carbocycles. The lowest BCUT2D eigenvalue weighted by atomic mass is 10.0. The Hall–Kier alpha value is -1.94. The number of aryl methyl sites for hydroxylation is 1. The second-order valence-corrected chi connectivity index (χ2v) is 6.51. The molecule has 0 radical (unpaired) electrons. The van der Waals surface area contributed by atoms with Gasteiger partial charge in [-0.15, -0.1) is 0 Å². The third-order valence-electron chi connectivity index (χ3n) is 2.85. The van der Waals surface area contributed by atoms with Crippen LogP contribution in [0.3, 0.4) is 0 Å². The quantitative estimate of drug-likeness (QED) is 0.864. The Morgan fingerprint density at radius 3 is 2.21 bits per heavy atom. The van der Waals surface area contributed by atoms with E-state index in [0.717, 1.165) is 22.4 Å². The minimum absolute atomic E-state index is 0.306. The molecule has 0 fully saturated rings. The van der Waals surface area contributed by atoms with E-state index in [1.54, 1.807) is 30.5 Å². The number of hydrogen-bond donors (Lipinski definition) is 0. The summed E-state index contributed by atoms with van der Waals surface area (Å²) in [6.45, 7) is 5.98. The summed E-state index contributed by atoms with van der Waals surface area (Å²) < 4.78 is 22.8. The van der Waals surface area contributed by atoms with E-state index < -0.39 is 9.84 Å². The Balaban J connectivity index is 2.32. The summed E-state index contributed by atoms with van der Waals surface area (Å²) in [5.74, 6) is 0. The van der Waals surface area contributed by atoms with E-state index in [1.165, 1.54) is 6.26 Å². The number of rotatable bonds is 3. The van der Waals surface area contributed by atoms with Crippen molar-refractivity contribution in [2.75, 3.05) is 6.26 Å². The van der Waals surface area contributed by atoms with E-state index in [0.29, 0.717) is 4.90 Å². The molecule has 0 amide bonds. The highest BCUT2D eigenvalue weighted by molar-refractivity contribution is 7.90. The number of sulfone groups is 1. The number of benzene rings is 1. The van der Waals surface area contributed by atoms with Crippen LogP contribution in [-0.4, -0.2) is 19.7 Å². The molecule has 19 heavy (non-hydrogen) atoms. The summed E-state index contributed by atoms with van der Waals surface area (Å²) in [7, 11) is -3.16. The van der Waals surface area contributed by atoms with Crippen molar-refractivity contribution in [2.45, 2.75) is 11.8 Å². The highest BCUT2D eigenvalue weighted by Gasteiger charge is 2.08. The third kappa shape index (κ3) is 3.09. The molecule has 0 spiro atoms. The first-order valence-electron chi connectivity index (χ1n) is 5.80. The molecule has 0 atom stereocenters. The predicted octanol–water partition coefficient (Wildman–Crippen LogP) is 2.86. The maximum atomic E-state index is 11.4. The summed E-state index contributed by atoms with van der Waals surface area (Å²) in [5.41, 5.74) is 3.52. The first kappa shape index (κ1) is 13.5. The zero-order valence-electron chi connectivity index (χ0n) is 10.9. The van der Waals surface area contributed by atoms with Gasteiger partial charge in [-0.1, -0.05) is 24.8 Å². The molecule has 0 aliphatic rings. The van der Waals surface area contributed by atoms with E-state index in [-0.39, 0.29) is 0 Å². The van der Waals surface area contributed by atoms with Gasteiger partial charge in [0, 0.05) is 18.0 Å².